The largest absolute Gasteiger partial charge is 0.456 e. The van der Waals surface area contributed by atoms with Crippen LogP contribution in [0.3, 0.4) is 0 Å². The molecule has 0 saturated heterocycles. The molecule has 2 aromatic carbocycles. The summed E-state index contributed by atoms with van der Waals surface area (Å²) >= 11 is 0. The molecule has 0 bridgehead atoms. The number of hydrogen-bond acceptors (Lipinski definition) is 1. The van der Waals surface area contributed by atoms with Crippen molar-refractivity contribution in [2.45, 2.75) is 77.6 Å². The van der Waals surface area contributed by atoms with Gasteiger partial charge in [-0.1, -0.05) is 101 Å². The highest BCUT2D eigenvalue weighted by Crippen LogP contribution is 2.31. The Balaban J connectivity index is 1.43. The van der Waals surface area contributed by atoms with Crippen LogP contribution in [0.5, 0.6) is 0 Å². The van der Waals surface area contributed by atoms with Gasteiger partial charge in [0.05, 0.1) is 0 Å². The molecule has 3 aromatic rings. The van der Waals surface area contributed by atoms with Gasteiger partial charge in [0.2, 0.25) is 0 Å². The van der Waals surface area contributed by atoms with E-state index in [1.807, 2.05) is 6.07 Å². The molecule has 0 unspecified atom stereocenters. The number of furan rings is 1. The van der Waals surface area contributed by atoms with E-state index in [0.717, 1.165) is 17.6 Å². The fourth-order valence-electron chi connectivity index (χ4n) is 3.81. The molecule has 25 heavy (non-hydrogen) atoms. The first kappa shape index (κ1) is 18.0. The van der Waals surface area contributed by atoms with Gasteiger partial charge < -0.3 is 4.42 Å². The summed E-state index contributed by atoms with van der Waals surface area (Å²) in [6.07, 6.45) is 15.0. The quantitative estimate of drug-likeness (QED) is 0.323. The second-order valence-corrected chi connectivity index (χ2v) is 7.32. The number of benzene rings is 2. The molecular weight excluding hydrogens is 304 g/mol. The first-order valence-electron chi connectivity index (χ1n) is 10.3. The van der Waals surface area contributed by atoms with Gasteiger partial charge >= 0.3 is 0 Å². The van der Waals surface area contributed by atoms with Gasteiger partial charge in [0.25, 0.3) is 0 Å². The Hall–Kier alpha value is -1.76. The minimum Gasteiger partial charge on any atom is -0.456 e. The Morgan fingerprint density at radius 3 is 2.04 bits per heavy atom. The molecule has 1 aromatic heterocycles. The summed E-state index contributed by atoms with van der Waals surface area (Å²) in [5.41, 5.74) is 3.47. The summed E-state index contributed by atoms with van der Waals surface area (Å²) in [4.78, 5) is 0. The highest BCUT2D eigenvalue weighted by molar-refractivity contribution is 6.05. The monoisotopic (exact) mass is 336 g/mol. The molecule has 0 fully saturated rings. The van der Waals surface area contributed by atoms with E-state index in [2.05, 4.69) is 43.3 Å². The lowest BCUT2D eigenvalue weighted by molar-refractivity contribution is 0.556. The first-order chi connectivity index (χ1) is 12.4. The van der Waals surface area contributed by atoms with Crippen molar-refractivity contribution in [3.05, 3.63) is 48.0 Å². The van der Waals surface area contributed by atoms with Crippen molar-refractivity contribution in [3.8, 4) is 0 Å². The third-order valence-corrected chi connectivity index (χ3v) is 5.29. The maximum atomic E-state index is 6.13. The lowest BCUT2D eigenvalue weighted by Gasteiger charge is -2.04. The van der Waals surface area contributed by atoms with Gasteiger partial charge in [-0.2, -0.15) is 0 Å². The predicted molar refractivity (Wildman–Crippen MR) is 109 cm³/mol. The molecule has 1 heterocycles. The summed E-state index contributed by atoms with van der Waals surface area (Å²) in [5.74, 6) is 0. The Morgan fingerprint density at radius 2 is 1.28 bits per heavy atom. The Labute approximate surface area is 152 Å². The SMILES string of the molecule is CCCCCCCCCCCCc1cccc2c1oc1ccccc12. The summed E-state index contributed by atoms with van der Waals surface area (Å²) in [6.45, 7) is 2.28. The van der Waals surface area contributed by atoms with Crippen molar-refractivity contribution < 1.29 is 4.42 Å². The standard InChI is InChI=1S/C24H32O/c1-2-3-4-5-6-7-8-9-10-11-15-20-16-14-18-22-21-17-12-13-19-23(21)25-24(20)22/h12-14,16-19H,2-11,15H2,1H3. The second kappa shape index (κ2) is 9.65. The number of para-hydroxylation sites is 2. The second-order valence-electron chi connectivity index (χ2n) is 7.32. The molecule has 3 rings (SSSR count). The number of fused-ring (bicyclic) bond motifs is 3. The van der Waals surface area contributed by atoms with Gasteiger partial charge in [0, 0.05) is 10.8 Å². The Kier molecular flexibility index (Phi) is 6.97. The van der Waals surface area contributed by atoms with Crippen LogP contribution in [-0.2, 0) is 6.42 Å². The van der Waals surface area contributed by atoms with Crippen LogP contribution in [0.15, 0.2) is 46.9 Å². The lowest BCUT2D eigenvalue weighted by atomic mass is 10.0. The number of unbranched alkanes of at least 4 members (excludes halogenated alkanes) is 9. The zero-order valence-electron chi connectivity index (χ0n) is 15.7. The van der Waals surface area contributed by atoms with Crippen molar-refractivity contribution in [2.75, 3.05) is 0 Å². The van der Waals surface area contributed by atoms with E-state index < -0.39 is 0 Å². The van der Waals surface area contributed by atoms with Crippen LogP contribution in [0.2, 0.25) is 0 Å². The minimum absolute atomic E-state index is 1.01. The predicted octanol–water partition coefficient (Wildman–Crippen LogP) is 8.05. The Morgan fingerprint density at radius 1 is 0.640 bits per heavy atom. The van der Waals surface area contributed by atoms with E-state index in [9.17, 15) is 0 Å². The molecule has 1 nitrogen and oxygen atoms in total. The first-order valence-corrected chi connectivity index (χ1v) is 10.3. The van der Waals surface area contributed by atoms with Gasteiger partial charge in [0.15, 0.2) is 0 Å². The van der Waals surface area contributed by atoms with E-state index in [-0.39, 0.29) is 0 Å². The summed E-state index contributed by atoms with van der Waals surface area (Å²) in [6, 6.07) is 15.0. The topological polar surface area (TPSA) is 13.1 Å². The van der Waals surface area contributed by atoms with Crippen LogP contribution in [0.4, 0.5) is 0 Å². The average molecular weight is 337 g/mol. The van der Waals surface area contributed by atoms with Gasteiger partial charge in [-0.25, -0.2) is 0 Å². The maximum absolute atomic E-state index is 6.13. The molecule has 0 radical (unpaired) electrons. The molecule has 1 heteroatoms. The molecule has 0 saturated carbocycles. The molecule has 134 valence electrons. The van der Waals surface area contributed by atoms with Gasteiger partial charge in [0.1, 0.15) is 11.2 Å². The number of aryl methyl sites for hydroxylation is 1. The van der Waals surface area contributed by atoms with Crippen molar-refractivity contribution in [3.63, 3.8) is 0 Å². The van der Waals surface area contributed by atoms with E-state index >= 15 is 0 Å². The third-order valence-electron chi connectivity index (χ3n) is 5.29. The zero-order valence-corrected chi connectivity index (χ0v) is 15.7. The van der Waals surface area contributed by atoms with Crippen molar-refractivity contribution in [2.24, 2.45) is 0 Å². The summed E-state index contributed by atoms with van der Waals surface area (Å²) in [7, 11) is 0. The molecule has 0 aliphatic rings. The van der Waals surface area contributed by atoms with E-state index in [0.29, 0.717) is 0 Å². The molecule has 0 atom stereocenters. The van der Waals surface area contributed by atoms with Crippen LogP contribution >= 0.6 is 0 Å². The lowest BCUT2D eigenvalue weighted by Crippen LogP contribution is -1.87. The molecule has 0 aliphatic carbocycles. The molecule has 0 amide bonds. The minimum atomic E-state index is 1.01. The van der Waals surface area contributed by atoms with Gasteiger partial charge in [-0.15, -0.1) is 0 Å². The van der Waals surface area contributed by atoms with Crippen molar-refractivity contribution >= 4 is 21.9 Å². The van der Waals surface area contributed by atoms with Gasteiger partial charge in [-0.05, 0) is 24.5 Å². The highest BCUT2D eigenvalue weighted by atomic mass is 16.3. The van der Waals surface area contributed by atoms with E-state index in [4.69, 9.17) is 4.42 Å². The summed E-state index contributed by atoms with van der Waals surface area (Å²) in [5, 5.41) is 2.50. The number of hydrogen-bond donors (Lipinski definition) is 0. The van der Waals surface area contributed by atoms with Crippen LogP contribution < -0.4 is 0 Å². The zero-order chi connectivity index (χ0) is 17.3. The molecule has 0 spiro atoms. The van der Waals surface area contributed by atoms with E-state index in [1.54, 1.807) is 0 Å². The third kappa shape index (κ3) is 4.87. The fraction of sp³-hybridized carbons (Fsp3) is 0.500. The highest BCUT2D eigenvalue weighted by Gasteiger charge is 2.09. The molecule has 0 N–H and O–H groups in total. The van der Waals surface area contributed by atoms with Crippen molar-refractivity contribution in [1.82, 2.24) is 0 Å². The fourth-order valence-corrected chi connectivity index (χ4v) is 3.81. The van der Waals surface area contributed by atoms with Crippen LogP contribution in [0.1, 0.15) is 76.7 Å². The molecular formula is C24H32O. The number of rotatable bonds is 11. The van der Waals surface area contributed by atoms with Crippen LogP contribution in [0.25, 0.3) is 21.9 Å². The summed E-state index contributed by atoms with van der Waals surface area (Å²) < 4.78 is 6.13. The average Bonchev–Trinajstić information content (AvgIpc) is 3.03. The smallest absolute Gasteiger partial charge is 0.138 e. The molecule has 0 aliphatic heterocycles. The van der Waals surface area contributed by atoms with Crippen LogP contribution in [0, 0.1) is 0 Å². The van der Waals surface area contributed by atoms with Gasteiger partial charge in [-0.3, -0.25) is 0 Å². The normalized spacial score (nSPS) is 11.6. The van der Waals surface area contributed by atoms with Crippen LogP contribution in [-0.4, -0.2) is 0 Å². The van der Waals surface area contributed by atoms with E-state index in [1.165, 1.54) is 80.5 Å². The maximum Gasteiger partial charge on any atom is 0.138 e. The van der Waals surface area contributed by atoms with Crippen molar-refractivity contribution in [1.29, 1.82) is 0 Å². The Bertz CT molecular complexity index is 768.